The fraction of sp³-hybridized carbons (Fsp3) is 0.143. The smallest absolute Gasteiger partial charge is 0.166 e. The third-order valence-electron chi connectivity index (χ3n) is 2.53. The van der Waals surface area contributed by atoms with E-state index in [-0.39, 0.29) is 11.5 Å². The van der Waals surface area contributed by atoms with Crippen LogP contribution in [-0.2, 0) is 0 Å². The number of halogens is 2. The summed E-state index contributed by atoms with van der Waals surface area (Å²) in [6.45, 7) is 3.43. The molecule has 0 unspecified atom stereocenters. The molecule has 0 N–H and O–H groups in total. The Hall–Kier alpha value is -1.90. The topological polar surface area (TPSA) is 9.23 Å². The lowest BCUT2D eigenvalue weighted by Gasteiger charge is -2.12. The van der Waals surface area contributed by atoms with Crippen molar-refractivity contribution in [2.45, 2.75) is 13.8 Å². The molecular weight excluding hydrogens is 222 g/mol. The minimum atomic E-state index is -0.493. The first-order chi connectivity index (χ1) is 8.09. The zero-order valence-electron chi connectivity index (χ0n) is 9.63. The third-order valence-corrected chi connectivity index (χ3v) is 2.53. The average Bonchev–Trinajstić information content (AvgIpc) is 2.27. The lowest BCUT2D eigenvalue weighted by atomic mass is 10.2. The molecule has 2 aromatic carbocycles. The van der Waals surface area contributed by atoms with E-state index in [0.717, 1.165) is 0 Å². The van der Waals surface area contributed by atoms with E-state index in [1.807, 2.05) is 0 Å². The van der Waals surface area contributed by atoms with Gasteiger partial charge in [-0.25, -0.2) is 8.78 Å². The predicted molar refractivity (Wildman–Crippen MR) is 62.3 cm³/mol. The minimum absolute atomic E-state index is 0.0701. The second kappa shape index (κ2) is 4.53. The maximum atomic E-state index is 13.6. The van der Waals surface area contributed by atoms with E-state index in [1.54, 1.807) is 38.1 Å². The van der Waals surface area contributed by atoms with Crippen molar-refractivity contribution < 1.29 is 13.5 Å². The lowest BCUT2D eigenvalue weighted by Crippen LogP contribution is -1.95. The molecule has 2 rings (SSSR count). The van der Waals surface area contributed by atoms with Crippen molar-refractivity contribution in [1.82, 2.24) is 0 Å². The summed E-state index contributed by atoms with van der Waals surface area (Å²) in [5.74, 6) is -0.846. The summed E-state index contributed by atoms with van der Waals surface area (Å²) in [6, 6.07) is 9.19. The first kappa shape index (κ1) is 11.6. The molecule has 0 atom stereocenters. The van der Waals surface area contributed by atoms with Gasteiger partial charge in [-0.15, -0.1) is 0 Å². The van der Waals surface area contributed by atoms with Crippen molar-refractivity contribution in [2.75, 3.05) is 0 Å². The maximum Gasteiger partial charge on any atom is 0.166 e. The van der Waals surface area contributed by atoms with E-state index in [4.69, 9.17) is 4.74 Å². The minimum Gasteiger partial charge on any atom is -0.451 e. The Morgan fingerprint density at radius 3 is 1.53 bits per heavy atom. The van der Waals surface area contributed by atoms with Crippen molar-refractivity contribution >= 4 is 0 Å². The van der Waals surface area contributed by atoms with Crippen LogP contribution in [0.5, 0.6) is 11.5 Å². The average molecular weight is 234 g/mol. The summed E-state index contributed by atoms with van der Waals surface area (Å²) in [4.78, 5) is 0. The summed E-state index contributed by atoms with van der Waals surface area (Å²) in [7, 11) is 0. The molecule has 0 spiro atoms. The summed E-state index contributed by atoms with van der Waals surface area (Å²) < 4.78 is 32.5. The van der Waals surface area contributed by atoms with E-state index in [1.165, 1.54) is 12.1 Å². The molecule has 0 bridgehead atoms. The molecular formula is C14H12F2O. The highest BCUT2D eigenvalue weighted by atomic mass is 19.1. The van der Waals surface area contributed by atoms with Gasteiger partial charge in [0, 0.05) is 0 Å². The van der Waals surface area contributed by atoms with Crippen LogP contribution in [-0.4, -0.2) is 0 Å². The van der Waals surface area contributed by atoms with E-state index in [2.05, 4.69) is 0 Å². The van der Waals surface area contributed by atoms with Gasteiger partial charge in [-0.1, -0.05) is 24.3 Å². The van der Waals surface area contributed by atoms with Gasteiger partial charge in [0.15, 0.2) is 23.1 Å². The van der Waals surface area contributed by atoms with Crippen LogP contribution >= 0.6 is 0 Å². The number of para-hydroxylation sites is 2. The SMILES string of the molecule is Cc1cccc(F)c1Oc1c(C)cccc1F. The fourth-order valence-corrected chi connectivity index (χ4v) is 1.59. The first-order valence-corrected chi connectivity index (χ1v) is 5.27. The van der Waals surface area contributed by atoms with Gasteiger partial charge in [0.05, 0.1) is 0 Å². The highest BCUT2D eigenvalue weighted by Crippen LogP contribution is 2.31. The van der Waals surface area contributed by atoms with E-state index < -0.39 is 11.6 Å². The van der Waals surface area contributed by atoms with Crippen molar-refractivity contribution in [2.24, 2.45) is 0 Å². The van der Waals surface area contributed by atoms with Crippen LogP contribution < -0.4 is 4.74 Å². The zero-order valence-corrected chi connectivity index (χ0v) is 9.63. The lowest BCUT2D eigenvalue weighted by molar-refractivity contribution is 0.409. The largest absolute Gasteiger partial charge is 0.451 e. The third kappa shape index (κ3) is 2.28. The van der Waals surface area contributed by atoms with Gasteiger partial charge in [0.2, 0.25) is 0 Å². The van der Waals surface area contributed by atoms with E-state index in [9.17, 15) is 8.78 Å². The quantitative estimate of drug-likeness (QED) is 0.749. The molecule has 0 aliphatic heterocycles. The normalized spacial score (nSPS) is 10.4. The Morgan fingerprint density at radius 2 is 1.18 bits per heavy atom. The second-order valence-corrected chi connectivity index (χ2v) is 3.87. The van der Waals surface area contributed by atoms with E-state index >= 15 is 0 Å². The summed E-state index contributed by atoms with van der Waals surface area (Å²) >= 11 is 0. The molecule has 0 heterocycles. The Morgan fingerprint density at radius 1 is 0.765 bits per heavy atom. The zero-order chi connectivity index (χ0) is 12.4. The molecule has 0 saturated carbocycles. The molecule has 1 nitrogen and oxygen atoms in total. The van der Waals surface area contributed by atoms with E-state index in [0.29, 0.717) is 11.1 Å². The second-order valence-electron chi connectivity index (χ2n) is 3.87. The van der Waals surface area contributed by atoms with Crippen LogP contribution in [0.3, 0.4) is 0 Å². The number of hydrogen-bond acceptors (Lipinski definition) is 1. The van der Waals surface area contributed by atoms with Crippen LogP contribution in [0.2, 0.25) is 0 Å². The van der Waals surface area contributed by atoms with Crippen LogP contribution in [0.15, 0.2) is 36.4 Å². The number of hydrogen-bond donors (Lipinski definition) is 0. The number of benzene rings is 2. The van der Waals surface area contributed by atoms with Crippen molar-refractivity contribution in [3.63, 3.8) is 0 Å². The Bertz CT molecular complexity index is 460. The van der Waals surface area contributed by atoms with Crippen LogP contribution in [0.1, 0.15) is 11.1 Å². The molecule has 2 aromatic rings. The van der Waals surface area contributed by atoms with Gasteiger partial charge in [0.25, 0.3) is 0 Å². The van der Waals surface area contributed by atoms with Crippen LogP contribution in [0.4, 0.5) is 8.78 Å². The maximum absolute atomic E-state index is 13.6. The van der Waals surface area contributed by atoms with Gasteiger partial charge in [-0.2, -0.15) is 0 Å². The standard InChI is InChI=1S/C14H12F2O/c1-9-5-3-7-11(15)13(9)17-14-10(2)6-4-8-12(14)16/h3-8H,1-2H3. The summed E-state index contributed by atoms with van der Waals surface area (Å²) in [6.07, 6.45) is 0. The molecule has 0 aliphatic rings. The monoisotopic (exact) mass is 234 g/mol. The van der Waals surface area contributed by atoms with Crippen molar-refractivity contribution in [3.8, 4) is 11.5 Å². The molecule has 0 aliphatic carbocycles. The molecule has 0 radical (unpaired) electrons. The van der Waals surface area contributed by atoms with Crippen LogP contribution in [0.25, 0.3) is 0 Å². The number of ether oxygens (including phenoxy) is 1. The molecule has 0 saturated heterocycles. The molecule has 88 valence electrons. The first-order valence-electron chi connectivity index (χ1n) is 5.27. The number of rotatable bonds is 2. The molecule has 0 fully saturated rings. The Kier molecular flexibility index (Phi) is 3.09. The van der Waals surface area contributed by atoms with Gasteiger partial charge in [-0.3, -0.25) is 0 Å². The summed E-state index contributed by atoms with van der Waals surface area (Å²) in [5, 5.41) is 0. The molecule has 3 heteroatoms. The highest BCUT2D eigenvalue weighted by molar-refractivity contribution is 5.41. The van der Waals surface area contributed by atoms with Gasteiger partial charge < -0.3 is 4.74 Å². The summed E-state index contributed by atoms with van der Waals surface area (Å²) in [5.41, 5.74) is 1.26. The Labute approximate surface area is 98.7 Å². The van der Waals surface area contributed by atoms with Gasteiger partial charge in [0.1, 0.15) is 0 Å². The van der Waals surface area contributed by atoms with Crippen LogP contribution in [0, 0.1) is 25.5 Å². The van der Waals surface area contributed by atoms with Crippen molar-refractivity contribution in [3.05, 3.63) is 59.2 Å². The Balaban J connectivity index is 2.45. The van der Waals surface area contributed by atoms with Gasteiger partial charge >= 0.3 is 0 Å². The predicted octanol–water partition coefficient (Wildman–Crippen LogP) is 4.37. The number of aryl methyl sites for hydroxylation is 2. The molecule has 0 amide bonds. The highest BCUT2D eigenvalue weighted by Gasteiger charge is 2.12. The fourth-order valence-electron chi connectivity index (χ4n) is 1.59. The molecule has 0 aromatic heterocycles. The molecule has 17 heavy (non-hydrogen) atoms. The van der Waals surface area contributed by atoms with Crippen molar-refractivity contribution in [1.29, 1.82) is 0 Å². The van der Waals surface area contributed by atoms with Gasteiger partial charge in [-0.05, 0) is 37.1 Å².